The van der Waals surface area contributed by atoms with Crippen LogP contribution >= 0.6 is 27.5 Å². The van der Waals surface area contributed by atoms with E-state index in [0.29, 0.717) is 5.02 Å². The summed E-state index contributed by atoms with van der Waals surface area (Å²) in [6.07, 6.45) is 5.29. The molecule has 1 aromatic heterocycles. The van der Waals surface area contributed by atoms with Crippen molar-refractivity contribution in [3.63, 3.8) is 0 Å². The maximum absolute atomic E-state index is 6.04. The van der Waals surface area contributed by atoms with Crippen LogP contribution in [0.2, 0.25) is 5.02 Å². The van der Waals surface area contributed by atoms with Gasteiger partial charge in [-0.05, 0) is 28.1 Å². The molecule has 13 heavy (non-hydrogen) atoms. The van der Waals surface area contributed by atoms with Crippen LogP contribution < -0.4 is 0 Å². The van der Waals surface area contributed by atoms with Gasteiger partial charge < -0.3 is 4.57 Å². The van der Waals surface area contributed by atoms with Crippen LogP contribution in [-0.4, -0.2) is 9.55 Å². The zero-order valence-corrected chi connectivity index (χ0v) is 8.96. The highest BCUT2D eigenvalue weighted by Crippen LogP contribution is 2.27. The van der Waals surface area contributed by atoms with Crippen molar-refractivity contribution in [2.75, 3.05) is 0 Å². The van der Waals surface area contributed by atoms with Crippen molar-refractivity contribution < 1.29 is 0 Å². The fourth-order valence-electron chi connectivity index (χ4n) is 1.13. The number of benzene rings is 1. The first-order valence-electron chi connectivity index (χ1n) is 3.71. The van der Waals surface area contributed by atoms with E-state index in [1.54, 1.807) is 12.5 Å². The maximum atomic E-state index is 6.04. The van der Waals surface area contributed by atoms with Crippen LogP contribution in [0, 0.1) is 0 Å². The van der Waals surface area contributed by atoms with Gasteiger partial charge in [0, 0.05) is 16.9 Å². The summed E-state index contributed by atoms with van der Waals surface area (Å²) >= 11 is 9.48. The molecule has 0 saturated carbocycles. The molecule has 4 heteroatoms. The SMILES string of the molecule is Clc1cccc(Br)c1-n1ccnc1. The van der Waals surface area contributed by atoms with Crippen molar-refractivity contribution in [2.45, 2.75) is 0 Å². The molecule has 2 nitrogen and oxygen atoms in total. The molecule has 0 fully saturated rings. The summed E-state index contributed by atoms with van der Waals surface area (Å²) in [7, 11) is 0. The van der Waals surface area contributed by atoms with E-state index in [1.807, 2.05) is 29.0 Å². The normalized spacial score (nSPS) is 10.3. The number of para-hydroxylation sites is 1. The number of aromatic nitrogens is 2. The predicted octanol–water partition coefficient (Wildman–Crippen LogP) is 3.29. The second-order valence-corrected chi connectivity index (χ2v) is 3.80. The summed E-state index contributed by atoms with van der Waals surface area (Å²) in [6, 6.07) is 5.69. The summed E-state index contributed by atoms with van der Waals surface area (Å²) in [6.45, 7) is 0. The Labute approximate surface area is 89.3 Å². The maximum Gasteiger partial charge on any atom is 0.0992 e. The minimum absolute atomic E-state index is 0.701. The molecule has 0 spiro atoms. The molecule has 0 unspecified atom stereocenters. The third-order valence-corrected chi connectivity index (χ3v) is 2.65. The highest BCUT2D eigenvalue weighted by Gasteiger charge is 2.05. The van der Waals surface area contributed by atoms with E-state index in [2.05, 4.69) is 20.9 Å². The number of hydrogen-bond acceptors (Lipinski definition) is 1. The molecule has 1 heterocycles. The molecule has 0 aliphatic heterocycles. The van der Waals surface area contributed by atoms with Gasteiger partial charge in [0.05, 0.1) is 17.0 Å². The van der Waals surface area contributed by atoms with Gasteiger partial charge in [-0.2, -0.15) is 0 Å². The van der Waals surface area contributed by atoms with Gasteiger partial charge in [0.1, 0.15) is 0 Å². The second kappa shape index (κ2) is 3.52. The number of imidazole rings is 1. The van der Waals surface area contributed by atoms with E-state index in [-0.39, 0.29) is 0 Å². The van der Waals surface area contributed by atoms with Crippen molar-refractivity contribution in [2.24, 2.45) is 0 Å². The Bertz CT molecular complexity index is 391. The Morgan fingerprint density at radius 1 is 1.38 bits per heavy atom. The number of rotatable bonds is 1. The van der Waals surface area contributed by atoms with Crippen LogP contribution in [0.25, 0.3) is 5.69 Å². The van der Waals surface area contributed by atoms with Crippen LogP contribution in [0.3, 0.4) is 0 Å². The van der Waals surface area contributed by atoms with Crippen molar-refractivity contribution in [1.29, 1.82) is 0 Å². The molecule has 0 amide bonds. The summed E-state index contributed by atoms with van der Waals surface area (Å²) < 4.78 is 2.82. The fourth-order valence-corrected chi connectivity index (χ4v) is 2.08. The number of halogens is 2. The van der Waals surface area contributed by atoms with Gasteiger partial charge in [0.2, 0.25) is 0 Å². The monoisotopic (exact) mass is 256 g/mol. The van der Waals surface area contributed by atoms with Crippen molar-refractivity contribution >= 4 is 27.5 Å². The molecule has 0 saturated heterocycles. The van der Waals surface area contributed by atoms with E-state index in [4.69, 9.17) is 11.6 Å². The van der Waals surface area contributed by atoms with E-state index in [0.717, 1.165) is 10.2 Å². The molecule has 0 N–H and O–H groups in total. The number of nitrogens with zero attached hydrogens (tertiary/aromatic N) is 2. The van der Waals surface area contributed by atoms with Crippen molar-refractivity contribution in [1.82, 2.24) is 9.55 Å². The lowest BCUT2D eigenvalue weighted by Crippen LogP contribution is -1.92. The quantitative estimate of drug-likeness (QED) is 0.766. The highest BCUT2D eigenvalue weighted by atomic mass is 79.9. The molecule has 2 rings (SSSR count). The smallest absolute Gasteiger partial charge is 0.0992 e. The van der Waals surface area contributed by atoms with Gasteiger partial charge >= 0.3 is 0 Å². The average molecular weight is 258 g/mol. The standard InChI is InChI=1S/C9H6BrClN2/c10-7-2-1-3-8(11)9(7)13-5-4-12-6-13/h1-6H. The van der Waals surface area contributed by atoms with E-state index < -0.39 is 0 Å². The molecule has 1 aromatic carbocycles. The molecule has 0 radical (unpaired) electrons. The Hall–Kier alpha value is -0.800. The largest absolute Gasteiger partial charge is 0.304 e. The zero-order valence-electron chi connectivity index (χ0n) is 6.61. The molecule has 0 atom stereocenters. The molecular formula is C9H6BrClN2. The van der Waals surface area contributed by atoms with Gasteiger partial charge in [-0.25, -0.2) is 4.98 Å². The second-order valence-electron chi connectivity index (χ2n) is 2.54. The lowest BCUT2D eigenvalue weighted by Gasteiger charge is -2.06. The number of hydrogen-bond donors (Lipinski definition) is 0. The van der Waals surface area contributed by atoms with Crippen LogP contribution in [0.1, 0.15) is 0 Å². The predicted molar refractivity (Wildman–Crippen MR) is 56.3 cm³/mol. The first-order valence-corrected chi connectivity index (χ1v) is 4.88. The average Bonchev–Trinajstić information content (AvgIpc) is 2.57. The zero-order chi connectivity index (χ0) is 9.26. The first-order chi connectivity index (χ1) is 6.29. The molecule has 0 aliphatic rings. The summed E-state index contributed by atoms with van der Waals surface area (Å²) in [4.78, 5) is 3.96. The van der Waals surface area contributed by atoms with E-state index >= 15 is 0 Å². The van der Waals surface area contributed by atoms with Gasteiger partial charge in [0.25, 0.3) is 0 Å². The Morgan fingerprint density at radius 3 is 2.85 bits per heavy atom. The third-order valence-electron chi connectivity index (χ3n) is 1.70. The Kier molecular flexibility index (Phi) is 2.38. The van der Waals surface area contributed by atoms with Crippen molar-refractivity contribution in [3.05, 3.63) is 46.4 Å². The van der Waals surface area contributed by atoms with Crippen molar-refractivity contribution in [3.8, 4) is 5.69 Å². The van der Waals surface area contributed by atoms with Gasteiger partial charge in [-0.3, -0.25) is 0 Å². The van der Waals surface area contributed by atoms with E-state index in [1.165, 1.54) is 0 Å². The van der Waals surface area contributed by atoms with Gasteiger partial charge in [0.15, 0.2) is 0 Å². The minimum atomic E-state index is 0.701. The fraction of sp³-hybridized carbons (Fsp3) is 0. The minimum Gasteiger partial charge on any atom is -0.304 e. The molecular weight excluding hydrogens is 251 g/mol. The summed E-state index contributed by atoms with van der Waals surface area (Å²) in [5.41, 5.74) is 0.918. The third kappa shape index (κ3) is 1.62. The molecule has 66 valence electrons. The summed E-state index contributed by atoms with van der Waals surface area (Å²) in [5.74, 6) is 0. The molecule has 2 aromatic rings. The molecule has 0 bridgehead atoms. The summed E-state index contributed by atoms with van der Waals surface area (Å²) in [5, 5.41) is 0.701. The van der Waals surface area contributed by atoms with Crippen LogP contribution in [-0.2, 0) is 0 Å². The van der Waals surface area contributed by atoms with E-state index in [9.17, 15) is 0 Å². The first kappa shape index (κ1) is 8.78. The highest BCUT2D eigenvalue weighted by molar-refractivity contribution is 9.10. The van der Waals surface area contributed by atoms with Gasteiger partial charge in [-0.15, -0.1) is 0 Å². The van der Waals surface area contributed by atoms with Crippen LogP contribution in [0.5, 0.6) is 0 Å². The van der Waals surface area contributed by atoms with Gasteiger partial charge in [-0.1, -0.05) is 17.7 Å². The lowest BCUT2D eigenvalue weighted by atomic mass is 10.3. The van der Waals surface area contributed by atoms with Crippen LogP contribution in [0.4, 0.5) is 0 Å². The van der Waals surface area contributed by atoms with Crippen LogP contribution in [0.15, 0.2) is 41.4 Å². The lowest BCUT2D eigenvalue weighted by molar-refractivity contribution is 1.05. The Morgan fingerprint density at radius 2 is 2.23 bits per heavy atom. The topological polar surface area (TPSA) is 17.8 Å². The molecule has 0 aliphatic carbocycles. The Balaban J connectivity index is 2.64.